The summed E-state index contributed by atoms with van der Waals surface area (Å²) in [6.45, 7) is 13.2. The Morgan fingerprint density at radius 3 is 1.43 bits per heavy atom. The summed E-state index contributed by atoms with van der Waals surface area (Å²) in [7, 11) is 0. The van der Waals surface area contributed by atoms with E-state index in [1.807, 2.05) is 13.8 Å². The van der Waals surface area contributed by atoms with Crippen LogP contribution in [0, 0.1) is 0 Å². The highest BCUT2D eigenvalue weighted by Gasteiger charge is 2.12. The quantitative estimate of drug-likeness (QED) is 0.302. The molecular formula is C20H41NO7. The standard InChI is InChI=1S/C20H41NO7/c1-19(2)27-17-15-25-13-11-23-9-7-22-8-10-24-12-14-26-16-18-28-20-3-5-21-6-4-20/h19-21H,3-18H2,1-2H3. The van der Waals surface area contributed by atoms with Crippen LogP contribution in [-0.2, 0) is 33.2 Å². The number of ether oxygens (including phenoxy) is 7. The maximum atomic E-state index is 5.76. The number of hydrogen-bond acceptors (Lipinski definition) is 8. The van der Waals surface area contributed by atoms with E-state index in [0.29, 0.717) is 85.4 Å². The van der Waals surface area contributed by atoms with Crippen LogP contribution in [0.25, 0.3) is 0 Å². The minimum absolute atomic E-state index is 0.247. The number of nitrogens with one attached hydrogen (secondary N) is 1. The van der Waals surface area contributed by atoms with Crippen molar-refractivity contribution < 1.29 is 33.2 Å². The highest BCUT2D eigenvalue weighted by atomic mass is 16.6. The van der Waals surface area contributed by atoms with E-state index in [9.17, 15) is 0 Å². The summed E-state index contributed by atoms with van der Waals surface area (Å²) in [6.07, 6.45) is 2.82. The molecule has 0 saturated carbocycles. The van der Waals surface area contributed by atoms with Crippen molar-refractivity contribution in [3.05, 3.63) is 0 Å². The first-order valence-electron chi connectivity index (χ1n) is 10.6. The van der Waals surface area contributed by atoms with Gasteiger partial charge in [0, 0.05) is 0 Å². The molecule has 1 aliphatic heterocycles. The molecule has 168 valence electrons. The van der Waals surface area contributed by atoms with E-state index in [1.165, 1.54) is 0 Å². The molecule has 8 nitrogen and oxygen atoms in total. The van der Waals surface area contributed by atoms with Gasteiger partial charge in [0.25, 0.3) is 0 Å². The van der Waals surface area contributed by atoms with Gasteiger partial charge in [-0.1, -0.05) is 0 Å². The van der Waals surface area contributed by atoms with Gasteiger partial charge in [0.1, 0.15) is 0 Å². The van der Waals surface area contributed by atoms with Crippen molar-refractivity contribution in [1.82, 2.24) is 5.32 Å². The van der Waals surface area contributed by atoms with Crippen LogP contribution in [0.15, 0.2) is 0 Å². The lowest BCUT2D eigenvalue weighted by Crippen LogP contribution is -2.33. The molecule has 1 heterocycles. The summed E-state index contributed by atoms with van der Waals surface area (Å²) in [4.78, 5) is 0. The summed E-state index contributed by atoms with van der Waals surface area (Å²) in [6, 6.07) is 0. The van der Waals surface area contributed by atoms with Crippen molar-refractivity contribution in [3.8, 4) is 0 Å². The van der Waals surface area contributed by atoms with Gasteiger partial charge in [-0.3, -0.25) is 0 Å². The molecule has 0 spiro atoms. The van der Waals surface area contributed by atoms with E-state index >= 15 is 0 Å². The molecule has 8 heteroatoms. The van der Waals surface area contributed by atoms with Crippen molar-refractivity contribution >= 4 is 0 Å². The second-order valence-corrected chi connectivity index (χ2v) is 6.80. The first-order valence-corrected chi connectivity index (χ1v) is 10.6. The molecule has 0 aromatic heterocycles. The molecule has 0 amide bonds. The predicted octanol–water partition coefficient (Wildman–Crippen LogP) is 1.26. The van der Waals surface area contributed by atoms with E-state index in [2.05, 4.69) is 5.32 Å². The molecule has 0 aromatic carbocycles. The third-order valence-electron chi connectivity index (χ3n) is 4.03. The van der Waals surface area contributed by atoms with Gasteiger partial charge in [-0.15, -0.1) is 0 Å². The topological polar surface area (TPSA) is 76.6 Å². The van der Waals surface area contributed by atoms with Gasteiger partial charge >= 0.3 is 0 Å². The lowest BCUT2D eigenvalue weighted by Gasteiger charge is -2.22. The van der Waals surface area contributed by atoms with Gasteiger partial charge in [0.05, 0.1) is 91.5 Å². The van der Waals surface area contributed by atoms with Gasteiger partial charge in [0.15, 0.2) is 0 Å². The van der Waals surface area contributed by atoms with E-state index in [4.69, 9.17) is 33.2 Å². The smallest absolute Gasteiger partial charge is 0.0704 e. The normalized spacial score (nSPS) is 15.5. The van der Waals surface area contributed by atoms with E-state index in [1.54, 1.807) is 0 Å². The maximum absolute atomic E-state index is 5.76. The van der Waals surface area contributed by atoms with Gasteiger partial charge in [-0.25, -0.2) is 0 Å². The summed E-state index contributed by atoms with van der Waals surface area (Å²) >= 11 is 0. The van der Waals surface area contributed by atoms with E-state index in [-0.39, 0.29) is 6.10 Å². The van der Waals surface area contributed by atoms with Crippen molar-refractivity contribution in [2.45, 2.75) is 38.9 Å². The molecule has 0 aromatic rings. The van der Waals surface area contributed by atoms with Gasteiger partial charge in [0.2, 0.25) is 0 Å². The zero-order valence-corrected chi connectivity index (χ0v) is 17.8. The highest BCUT2D eigenvalue weighted by molar-refractivity contribution is 4.67. The predicted molar refractivity (Wildman–Crippen MR) is 107 cm³/mol. The van der Waals surface area contributed by atoms with Crippen LogP contribution in [-0.4, -0.2) is 105 Å². The summed E-state index contributed by atoms with van der Waals surface area (Å²) in [5.74, 6) is 0. The van der Waals surface area contributed by atoms with Crippen molar-refractivity contribution in [1.29, 1.82) is 0 Å². The monoisotopic (exact) mass is 407 g/mol. The highest BCUT2D eigenvalue weighted by Crippen LogP contribution is 2.06. The first kappa shape index (κ1) is 25.7. The maximum Gasteiger partial charge on any atom is 0.0704 e. The van der Waals surface area contributed by atoms with Crippen LogP contribution in [0.3, 0.4) is 0 Å². The van der Waals surface area contributed by atoms with Gasteiger partial charge < -0.3 is 38.5 Å². The lowest BCUT2D eigenvalue weighted by molar-refractivity contribution is -0.0316. The van der Waals surface area contributed by atoms with Crippen LogP contribution < -0.4 is 5.32 Å². The van der Waals surface area contributed by atoms with Crippen LogP contribution in [0.5, 0.6) is 0 Å². The van der Waals surface area contributed by atoms with Gasteiger partial charge in [-0.05, 0) is 39.8 Å². The summed E-state index contributed by atoms with van der Waals surface area (Å²) < 4.78 is 38.3. The second kappa shape index (κ2) is 20.0. The number of piperidine rings is 1. The molecule has 1 N–H and O–H groups in total. The molecule has 0 atom stereocenters. The fourth-order valence-electron chi connectivity index (χ4n) is 2.56. The average Bonchev–Trinajstić information content (AvgIpc) is 2.70. The Morgan fingerprint density at radius 1 is 0.607 bits per heavy atom. The zero-order chi connectivity index (χ0) is 20.1. The minimum atomic E-state index is 0.247. The van der Waals surface area contributed by atoms with Crippen LogP contribution >= 0.6 is 0 Å². The fraction of sp³-hybridized carbons (Fsp3) is 1.00. The van der Waals surface area contributed by atoms with E-state index < -0.39 is 0 Å². The molecule has 1 rings (SSSR count). The Hall–Kier alpha value is -0.320. The molecule has 1 aliphatic rings. The van der Waals surface area contributed by atoms with E-state index in [0.717, 1.165) is 25.9 Å². The van der Waals surface area contributed by atoms with Crippen LogP contribution in [0.1, 0.15) is 26.7 Å². The molecule has 28 heavy (non-hydrogen) atoms. The lowest BCUT2D eigenvalue weighted by atomic mass is 10.1. The van der Waals surface area contributed by atoms with Crippen molar-refractivity contribution in [2.24, 2.45) is 0 Å². The molecule has 0 bridgehead atoms. The molecule has 1 fully saturated rings. The van der Waals surface area contributed by atoms with Crippen molar-refractivity contribution in [3.63, 3.8) is 0 Å². The number of hydrogen-bond donors (Lipinski definition) is 1. The van der Waals surface area contributed by atoms with Crippen molar-refractivity contribution in [2.75, 3.05) is 92.4 Å². The Kier molecular flexibility index (Phi) is 18.3. The summed E-state index contributed by atoms with van der Waals surface area (Å²) in [5, 5.41) is 3.32. The second-order valence-electron chi connectivity index (χ2n) is 6.80. The molecule has 0 aliphatic carbocycles. The van der Waals surface area contributed by atoms with Gasteiger partial charge in [-0.2, -0.15) is 0 Å². The summed E-state index contributed by atoms with van der Waals surface area (Å²) in [5.41, 5.74) is 0. The SMILES string of the molecule is CC(C)OCCOCCOCCOCCOCCOCCOC1CCNCC1. The molecule has 0 unspecified atom stereocenters. The third-order valence-corrected chi connectivity index (χ3v) is 4.03. The minimum Gasteiger partial charge on any atom is -0.377 e. The Balaban J connectivity index is 1.64. The molecular weight excluding hydrogens is 366 g/mol. The Bertz CT molecular complexity index is 315. The third kappa shape index (κ3) is 17.8. The number of rotatable bonds is 20. The fourth-order valence-corrected chi connectivity index (χ4v) is 2.56. The molecule has 0 radical (unpaired) electrons. The zero-order valence-electron chi connectivity index (χ0n) is 17.8. The van der Waals surface area contributed by atoms with Crippen LogP contribution in [0.2, 0.25) is 0 Å². The van der Waals surface area contributed by atoms with Crippen LogP contribution in [0.4, 0.5) is 0 Å². The average molecular weight is 408 g/mol. The molecule has 1 saturated heterocycles. The Morgan fingerprint density at radius 2 is 1.00 bits per heavy atom. The first-order chi connectivity index (χ1) is 13.8. The largest absolute Gasteiger partial charge is 0.377 e. The Labute approximate surface area is 170 Å².